The van der Waals surface area contributed by atoms with Crippen LogP contribution in [-0.2, 0) is 16.8 Å². The summed E-state index contributed by atoms with van der Waals surface area (Å²) in [6.07, 6.45) is 2.28. The first-order valence-electron chi connectivity index (χ1n) is 7.08. The molecule has 0 spiro atoms. The van der Waals surface area contributed by atoms with E-state index in [9.17, 15) is 22.4 Å². The summed E-state index contributed by atoms with van der Waals surface area (Å²) < 4.78 is 58.4. The highest BCUT2D eigenvalue weighted by Crippen LogP contribution is 2.47. The van der Waals surface area contributed by atoms with Crippen molar-refractivity contribution in [2.45, 2.75) is 31.7 Å². The molecule has 0 bridgehead atoms. The molecule has 2 N–H and O–H groups in total. The Morgan fingerprint density at radius 2 is 2.00 bits per heavy atom. The fourth-order valence-corrected chi connectivity index (χ4v) is 2.85. The van der Waals surface area contributed by atoms with E-state index in [4.69, 9.17) is 5.73 Å². The van der Waals surface area contributed by atoms with Crippen LogP contribution in [0.4, 0.5) is 17.6 Å². The number of benzene rings is 1. The Morgan fingerprint density at radius 3 is 2.46 bits per heavy atom. The topological polar surface area (TPSA) is 73.8 Å². The van der Waals surface area contributed by atoms with Crippen LogP contribution in [0.2, 0.25) is 0 Å². The summed E-state index contributed by atoms with van der Waals surface area (Å²) in [7, 11) is 0. The first-order chi connectivity index (χ1) is 11.1. The Bertz CT molecular complexity index is 733. The molecule has 0 aliphatic heterocycles. The van der Waals surface area contributed by atoms with E-state index >= 15 is 0 Å². The monoisotopic (exact) mass is 344 g/mol. The Labute approximate surface area is 135 Å². The molecule has 0 saturated heterocycles. The zero-order valence-corrected chi connectivity index (χ0v) is 13.0. The number of alkyl halides is 2. The van der Waals surface area contributed by atoms with Gasteiger partial charge in [0.2, 0.25) is 0 Å². The molecular weight excluding hydrogens is 328 g/mol. The fourth-order valence-electron chi connectivity index (χ4n) is 2.85. The minimum atomic E-state index is -4.12. The lowest BCUT2D eigenvalue weighted by Crippen LogP contribution is -2.59. The molecule has 1 heterocycles. The quantitative estimate of drug-likeness (QED) is 0.817. The number of aromatic nitrogens is 3. The lowest BCUT2D eigenvalue weighted by atomic mass is 9.66. The molecule has 1 aromatic heterocycles. The van der Waals surface area contributed by atoms with Crippen LogP contribution in [0.5, 0.6) is 0 Å². The second-order valence-corrected chi connectivity index (χ2v) is 5.78. The fraction of sp³-hybridized carbons (Fsp3) is 0.400. The van der Waals surface area contributed by atoms with Gasteiger partial charge in [-0.05, 0) is 12.0 Å². The summed E-state index contributed by atoms with van der Waals surface area (Å²) in [6.45, 7) is 2.23. The van der Waals surface area contributed by atoms with Crippen LogP contribution >= 0.6 is 0 Å². The summed E-state index contributed by atoms with van der Waals surface area (Å²) in [5.41, 5.74) is 2.02. The molecule has 0 fully saturated rings. The Kier molecular flexibility index (Phi) is 4.63. The van der Waals surface area contributed by atoms with Gasteiger partial charge < -0.3 is 5.73 Å². The summed E-state index contributed by atoms with van der Waals surface area (Å²) in [4.78, 5) is 15.1. The second-order valence-electron chi connectivity index (χ2n) is 5.78. The Balaban J connectivity index is 2.77. The van der Waals surface area contributed by atoms with Crippen LogP contribution in [-0.4, -0.2) is 26.6 Å². The number of primary amides is 1. The number of carbonyl (C=O) groups excluding carboxylic acids is 1. The van der Waals surface area contributed by atoms with Crippen molar-refractivity contribution in [3.63, 3.8) is 0 Å². The van der Waals surface area contributed by atoms with E-state index in [1.807, 2.05) is 0 Å². The third-order valence-electron chi connectivity index (χ3n) is 4.15. The normalized spacial score (nSPS) is 14.6. The average molecular weight is 344 g/mol. The number of nitrogens with zero attached hydrogens (tertiary/aromatic N) is 3. The summed E-state index contributed by atoms with van der Waals surface area (Å²) >= 11 is 0. The SMILES string of the molecule is CC(C)C(Cn1cncn1)(c1ccc(F)cc1F)C(F)(F)C(N)=O. The molecule has 1 atom stereocenters. The highest BCUT2D eigenvalue weighted by Gasteiger charge is 2.62. The zero-order valence-electron chi connectivity index (χ0n) is 13.0. The summed E-state index contributed by atoms with van der Waals surface area (Å²) in [6, 6.07) is 2.25. The maximum absolute atomic E-state index is 14.9. The average Bonchev–Trinajstić information content (AvgIpc) is 2.97. The van der Waals surface area contributed by atoms with Crippen molar-refractivity contribution in [3.05, 3.63) is 48.1 Å². The van der Waals surface area contributed by atoms with Gasteiger partial charge in [0.15, 0.2) is 0 Å². The molecule has 9 heteroatoms. The Hall–Kier alpha value is -2.45. The molecule has 1 amide bonds. The van der Waals surface area contributed by atoms with Crippen molar-refractivity contribution in [2.75, 3.05) is 0 Å². The van der Waals surface area contributed by atoms with Crippen molar-refractivity contribution in [2.24, 2.45) is 11.7 Å². The maximum atomic E-state index is 14.9. The molecule has 24 heavy (non-hydrogen) atoms. The van der Waals surface area contributed by atoms with E-state index < -0.39 is 46.9 Å². The summed E-state index contributed by atoms with van der Waals surface area (Å²) in [5.74, 6) is -9.07. The number of halogens is 4. The van der Waals surface area contributed by atoms with Gasteiger partial charge in [-0.3, -0.25) is 9.48 Å². The predicted molar refractivity (Wildman–Crippen MR) is 77.0 cm³/mol. The summed E-state index contributed by atoms with van der Waals surface area (Å²) in [5, 5.41) is 3.75. The lowest BCUT2D eigenvalue weighted by Gasteiger charge is -2.42. The van der Waals surface area contributed by atoms with Gasteiger partial charge in [0.05, 0.1) is 12.0 Å². The molecule has 130 valence electrons. The third kappa shape index (κ3) is 2.74. The van der Waals surface area contributed by atoms with Crippen molar-refractivity contribution in [3.8, 4) is 0 Å². The first kappa shape index (κ1) is 17.9. The van der Waals surface area contributed by atoms with E-state index in [1.165, 1.54) is 13.8 Å². The van der Waals surface area contributed by atoms with Crippen LogP contribution in [0.25, 0.3) is 0 Å². The molecular formula is C15H16F4N4O. The second kappa shape index (κ2) is 6.21. The smallest absolute Gasteiger partial charge is 0.335 e. The first-order valence-corrected chi connectivity index (χ1v) is 7.08. The van der Waals surface area contributed by atoms with Gasteiger partial charge in [0.1, 0.15) is 24.3 Å². The van der Waals surface area contributed by atoms with Crippen LogP contribution in [0.1, 0.15) is 19.4 Å². The molecule has 0 aliphatic rings. The number of rotatable bonds is 6. The third-order valence-corrected chi connectivity index (χ3v) is 4.15. The standard InChI is InChI=1S/C15H16F4N4O/c1-9(2)14(15(18,19)13(20)24,6-23-8-21-7-22-23)11-4-3-10(16)5-12(11)17/h3-5,7-9H,6H2,1-2H3,(H2,20,24). The number of hydrogen-bond donors (Lipinski definition) is 1. The van der Waals surface area contributed by atoms with Gasteiger partial charge in [-0.15, -0.1) is 0 Å². The van der Waals surface area contributed by atoms with Crippen LogP contribution in [0.15, 0.2) is 30.9 Å². The lowest BCUT2D eigenvalue weighted by molar-refractivity contribution is -0.161. The van der Waals surface area contributed by atoms with E-state index in [1.54, 1.807) is 0 Å². The molecule has 0 radical (unpaired) electrons. The minimum absolute atomic E-state index is 0.491. The van der Waals surface area contributed by atoms with E-state index in [-0.39, 0.29) is 0 Å². The highest BCUT2D eigenvalue weighted by atomic mass is 19.3. The van der Waals surface area contributed by atoms with Crippen molar-refractivity contribution in [1.29, 1.82) is 0 Å². The van der Waals surface area contributed by atoms with Crippen LogP contribution in [0, 0.1) is 17.6 Å². The molecule has 0 aliphatic carbocycles. The number of hydrogen-bond acceptors (Lipinski definition) is 3. The van der Waals surface area contributed by atoms with Crippen molar-refractivity contribution >= 4 is 5.91 Å². The predicted octanol–water partition coefficient (Wildman–Crippen LogP) is 2.27. The largest absolute Gasteiger partial charge is 0.364 e. The molecule has 1 aromatic carbocycles. The van der Waals surface area contributed by atoms with E-state index in [0.29, 0.717) is 6.07 Å². The van der Waals surface area contributed by atoms with Crippen molar-refractivity contribution < 1.29 is 22.4 Å². The van der Waals surface area contributed by atoms with Gasteiger partial charge in [-0.2, -0.15) is 13.9 Å². The van der Waals surface area contributed by atoms with Crippen LogP contribution < -0.4 is 5.73 Å². The number of amides is 1. The van der Waals surface area contributed by atoms with E-state index in [2.05, 4.69) is 10.1 Å². The van der Waals surface area contributed by atoms with E-state index in [0.717, 1.165) is 29.5 Å². The molecule has 0 saturated carbocycles. The van der Waals surface area contributed by atoms with Gasteiger partial charge >= 0.3 is 5.92 Å². The molecule has 5 nitrogen and oxygen atoms in total. The van der Waals surface area contributed by atoms with Crippen molar-refractivity contribution in [1.82, 2.24) is 14.8 Å². The van der Waals surface area contributed by atoms with Gasteiger partial charge in [0, 0.05) is 11.6 Å². The Morgan fingerprint density at radius 1 is 1.33 bits per heavy atom. The van der Waals surface area contributed by atoms with Gasteiger partial charge in [-0.1, -0.05) is 19.9 Å². The zero-order chi connectivity index (χ0) is 18.1. The molecule has 2 aromatic rings. The number of nitrogens with two attached hydrogens (primary N) is 1. The van der Waals surface area contributed by atoms with Gasteiger partial charge in [-0.25, -0.2) is 13.8 Å². The number of carbonyl (C=O) groups is 1. The minimum Gasteiger partial charge on any atom is -0.364 e. The maximum Gasteiger partial charge on any atom is 0.335 e. The molecule has 1 unspecified atom stereocenters. The van der Waals surface area contributed by atoms with Gasteiger partial charge in [0.25, 0.3) is 5.91 Å². The highest BCUT2D eigenvalue weighted by molar-refractivity contribution is 5.84. The molecule has 2 rings (SSSR count). The van der Waals surface area contributed by atoms with Crippen LogP contribution in [0.3, 0.4) is 0 Å².